The van der Waals surface area contributed by atoms with Crippen molar-refractivity contribution in [2.75, 3.05) is 33.0 Å². The molecule has 6 heteroatoms. The quantitative estimate of drug-likeness (QED) is 0.580. The SMILES string of the molecule is CC1CCN(CCCCNC(=O)/C=C/c2cc(Cl)c3c(c2)OCO3)CC1. The van der Waals surface area contributed by atoms with Gasteiger partial charge in [0.1, 0.15) is 0 Å². The number of piperidine rings is 1. The Labute approximate surface area is 160 Å². The number of halogens is 1. The highest BCUT2D eigenvalue weighted by Gasteiger charge is 2.17. The maximum absolute atomic E-state index is 11.9. The van der Waals surface area contributed by atoms with Gasteiger partial charge < -0.3 is 19.7 Å². The van der Waals surface area contributed by atoms with Crippen molar-refractivity contribution < 1.29 is 14.3 Å². The van der Waals surface area contributed by atoms with Crippen LogP contribution in [0.5, 0.6) is 11.5 Å². The summed E-state index contributed by atoms with van der Waals surface area (Å²) in [4.78, 5) is 14.5. The summed E-state index contributed by atoms with van der Waals surface area (Å²) in [6, 6.07) is 3.58. The number of hydrogen-bond donors (Lipinski definition) is 1. The van der Waals surface area contributed by atoms with Crippen molar-refractivity contribution in [3.8, 4) is 11.5 Å². The summed E-state index contributed by atoms with van der Waals surface area (Å²) in [5.74, 6) is 1.96. The molecule has 1 N–H and O–H groups in total. The van der Waals surface area contributed by atoms with E-state index in [1.54, 1.807) is 12.1 Å². The van der Waals surface area contributed by atoms with Gasteiger partial charge in [-0.2, -0.15) is 0 Å². The molecule has 0 spiro atoms. The molecule has 1 aromatic carbocycles. The number of benzene rings is 1. The maximum atomic E-state index is 11.9. The van der Waals surface area contributed by atoms with Gasteiger partial charge in [-0.1, -0.05) is 18.5 Å². The molecule has 2 aliphatic rings. The number of ether oxygens (including phenoxy) is 2. The van der Waals surface area contributed by atoms with Crippen LogP contribution in [-0.4, -0.2) is 43.8 Å². The highest BCUT2D eigenvalue weighted by Crippen LogP contribution is 2.40. The van der Waals surface area contributed by atoms with Crippen LogP contribution in [0.25, 0.3) is 6.08 Å². The Morgan fingerprint density at radius 1 is 1.31 bits per heavy atom. The Hall–Kier alpha value is -1.72. The summed E-state index contributed by atoms with van der Waals surface area (Å²) < 4.78 is 10.6. The molecule has 1 amide bonds. The van der Waals surface area contributed by atoms with E-state index < -0.39 is 0 Å². The number of nitrogens with zero attached hydrogens (tertiary/aromatic N) is 1. The van der Waals surface area contributed by atoms with E-state index in [1.807, 2.05) is 6.07 Å². The van der Waals surface area contributed by atoms with Crippen molar-refractivity contribution in [2.45, 2.75) is 32.6 Å². The predicted molar refractivity (Wildman–Crippen MR) is 104 cm³/mol. The fourth-order valence-corrected chi connectivity index (χ4v) is 3.55. The van der Waals surface area contributed by atoms with Crippen molar-refractivity contribution in [1.82, 2.24) is 10.2 Å². The normalized spacial score (nSPS) is 17.8. The molecule has 0 saturated carbocycles. The van der Waals surface area contributed by atoms with Crippen LogP contribution < -0.4 is 14.8 Å². The summed E-state index contributed by atoms with van der Waals surface area (Å²) in [6.07, 6.45) is 8.01. The first-order valence-corrected chi connectivity index (χ1v) is 9.77. The van der Waals surface area contributed by atoms with Gasteiger partial charge in [0, 0.05) is 12.6 Å². The van der Waals surface area contributed by atoms with E-state index in [4.69, 9.17) is 21.1 Å². The van der Waals surface area contributed by atoms with Crippen LogP contribution in [0, 0.1) is 5.92 Å². The molecule has 2 heterocycles. The Morgan fingerprint density at radius 2 is 2.12 bits per heavy atom. The first kappa shape index (κ1) is 19.1. The van der Waals surface area contributed by atoms with Gasteiger partial charge in [0.25, 0.3) is 0 Å². The molecule has 26 heavy (non-hydrogen) atoms. The molecule has 5 nitrogen and oxygen atoms in total. The zero-order valence-corrected chi connectivity index (χ0v) is 16.1. The first-order valence-electron chi connectivity index (χ1n) is 9.39. The van der Waals surface area contributed by atoms with E-state index in [1.165, 1.54) is 32.0 Å². The minimum Gasteiger partial charge on any atom is -0.454 e. The molecule has 0 unspecified atom stereocenters. The van der Waals surface area contributed by atoms with Gasteiger partial charge in [-0.25, -0.2) is 0 Å². The minimum atomic E-state index is -0.0920. The van der Waals surface area contributed by atoms with Gasteiger partial charge in [-0.05, 0) is 75.0 Å². The Balaban J connectivity index is 1.34. The van der Waals surface area contributed by atoms with Gasteiger partial charge in [-0.15, -0.1) is 0 Å². The molecular formula is C20H27ClN2O3. The van der Waals surface area contributed by atoms with Crippen molar-refractivity contribution in [3.63, 3.8) is 0 Å². The second-order valence-corrected chi connectivity index (χ2v) is 7.50. The summed E-state index contributed by atoms with van der Waals surface area (Å²) in [5.41, 5.74) is 0.814. The molecule has 1 saturated heterocycles. The number of rotatable bonds is 7. The monoisotopic (exact) mass is 378 g/mol. The lowest BCUT2D eigenvalue weighted by Gasteiger charge is -2.30. The average Bonchev–Trinajstić information content (AvgIpc) is 3.10. The lowest BCUT2D eigenvalue weighted by atomic mass is 9.99. The van der Waals surface area contributed by atoms with Gasteiger partial charge in [0.15, 0.2) is 11.5 Å². The van der Waals surface area contributed by atoms with Crippen molar-refractivity contribution >= 4 is 23.6 Å². The summed E-state index contributed by atoms with van der Waals surface area (Å²) >= 11 is 6.14. The Kier molecular flexibility index (Phi) is 6.80. The lowest BCUT2D eigenvalue weighted by Crippen LogP contribution is -2.34. The van der Waals surface area contributed by atoms with Crippen molar-refractivity contribution in [1.29, 1.82) is 0 Å². The molecule has 0 atom stereocenters. The molecule has 142 valence electrons. The molecule has 0 aromatic heterocycles. The van der Waals surface area contributed by atoms with E-state index in [0.29, 0.717) is 23.1 Å². The Bertz CT molecular complexity index is 655. The standard InChI is InChI=1S/C20H27ClN2O3/c1-15-6-10-23(11-7-15)9-3-2-8-22-19(24)5-4-16-12-17(21)20-18(13-16)25-14-26-20/h4-5,12-13,15H,2-3,6-11,14H2,1H3,(H,22,24)/b5-4+. The molecular weight excluding hydrogens is 352 g/mol. The number of carbonyl (C=O) groups is 1. The van der Waals surface area contributed by atoms with Gasteiger partial charge >= 0.3 is 0 Å². The minimum absolute atomic E-state index is 0.0920. The zero-order valence-electron chi connectivity index (χ0n) is 15.3. The smallest absolute Gasteiger partial charge is 0.243 e. The number of carbonyl (C=O) groups excluding carboxylic acids is 1. The van der Waals surface area contributed by atoms with E-state index in [9.17, 15) is 4.79 Å². The van der Waals surface area contributed by atoms with Crippen LogP contribution in [-0.2, 0) is 4.79 Å². The van der Waals surface area contributed by atoms with Crippen LogP contribution in [0.2, 0.25) is 5.02 Å². The number of likely N-dealkylation sites (tertiary alicyclic amines) is 1. The third kappa shape index (κ3) is 5.39. The highest BCUT2D eigenvalue weighted by atomic mass is 35.5. The third-order valence-corrected chi connectivity index (χ3v) is 5.23. The molecule has 1 fully saturated rings. The molecule has 1 aromatic rings. The summed E-state index contributed by atoms with van der Waals surface area (Å²) in [6.45, 7) is 6.78. The summed E-state index contributed by atoms with van der Waals surface area (Å²) in [7, 11) is 0. The molecule has 0 radical (unpaired) electrons. The molecule has 0 bridgehead atoms. The second kappa shape index (κ2) is 9.28. The van der Waals surface area contributed by atoms with Crippen molar-refractivity contribution in [3.05, 3.63) is 28.8 Å². The van der Waals surface area contributed by atoms with Crippen LogP contribution in [0.3, 0.4) is 0 Å². The van der Waals surface area contributed by atoms with Crippen LogP contribution >= 0.6 is 11.6 Å². The second-order valence-electron chi connectivity index (χ2n) is 7.09. The molecule has 3 rings (SSSR count). The summed E-state index contributed by atoms with van der Waals surface area (Å²) in [5, 5.41) is 3.42. The third-order valence-electron chi connectivity index (χ3n) is 4.95. The zero-order chi connectivity index (χ0) is 18.4. The van der Waals surface area contributed by atoms with Crippen LogP contribution in [0.15, 0.2) is 18.2 Å². The molecule has 2 aliphatic heterocycles. The number of fused-ring (bicyclic) bond motifs is 1. The maximum Gasteiger partial charge on any atom is 0.243 e. The van der Waals surface area contributed by atoms with Crippen LogP contribution in [0.1, 0.15) is 38.2 Å². The topological polar surface area (TPSA) is 50.8 Å². The number of unbranched alkanes of at least 4 members (excludes halogenated alkanes) is 1. The number of nitrogens with one attached hydrogen (secondary N) is 1. The van der Waals surface area contributed by atoms with E-state index >= 15 is 0 Å². The van der Waals surface area contributed by atoms with Crippen LogP contribution in [0.4, 0.5) is 0 Å². The van der Waals surface area contributed by atoms with Gasteiger partial charge in [0.05, 0.1) is 5.02 Å². The fraction of sp³-hybridized carbons (Fsp3) is 0.550. The molecule has 0 aliphatic carbocycles. The average molecular weight is 379 g/mol. The van der Waals surface area contributed by atoms with Gasteiger partial charge in [0.2, 0.25) is 12.7 Å². The lowest BCUT2D eigenvalue weighted by molar-refractivity contribution is -0.116. The Morgan fingerprint density at radius 3 is 2.92 bits per heavy atom. The van der Waals surface area contributed by atoms with E-state index in [0.717, 1.165) is 30.9 Å². The van der Waals surface area contributed by atoms with Gasteiger partial charge in [-0.3, -0.25) is 4.79 Å². The fourth-order valence-electron chi connectivity index (χ4n) is 3.27. The van der Waals surface area contributed by atoms with Crippen molar-refractivity contribution in [2.24, 2.45) is 5.92 Å². The highest BCUT2D eigenvalue weighted by molar-refractivity contribution is 6.32. The number of hydrogen-bond acceptors (Lipinski definition) is 4. The van der Waals surface area contributed by atoms with E-state index in [2.05, 4.69) is 17.1 Å². The largest absolute Gasteiger partial charge is 0.454 e. The van der Waals surface area contributed by atoms with E-state index in [-0.39, 0.29) is 12.7 Å². The number of amides is 1. The first-order chi connectivity index (χ1) is 12.6. The predicted octanol–water partition coefficient (Wildman–Crippen LogP) is 3.71.